The van der Waals surface area contributed by atoms with E-state index >= 15 is 0 Å². The summed E-state index contributed by atoms with van der Waals surface area (Å²) >= 11 is 15.6. The quantitative estimate of drug-likeness (QED) is 0.715. The average Bonchev–Trinajstić information content (AvgIpc) is 2.38. The molecule has 1 unspecified atom stereocenters. The molecule has 0 aromatic heterocycles. The highest BCUT2D eigenvalue weighted by molar-refractivity contribution is 9.10. The van der Waals surface area contributed by atoms with Crippen molar-refractivity contribution >= 4 is 44.8 Å². The van der Waals surface area contributed by atoms with Crippen molar-refractivity contribution in [2.75, 3.05) is 11.9 Å². The molecule has 2 nitrogen and oxygen atoms in total. The maximum atomic E-state index is 13.3. The summed E-state index contributed by atoms with van der Waals surface area (Å²) in [6.45, 7) is 0.494. The molecule has 1 N–H and O–H groups in total. The largest absolute Gasteiger partial charge is 0.480 e. The van der Waals surface area contributed by atoms with Crippen LogP contribution in [0.1, 0.15) is 11.7 Å². The summed E-state index contributed by atoms with van der Waals surface area (Å²) < 4.78 is 20.0. The summed E-state index contributed by atoms with van der Waals surface area (Å²) in [4.78, 5) is 0. The lowest BCUT2D eigenvalue weighted by atomic mass is 10.1. The summed E-state index contributed by atoms with van der Waals surface area (Å²) in [5.41, 5.74) is 1.41. The van der Waals surface area contributed by atoms with Gasteiger partial charge < -0.3 is 10.1 Å². The van der Waals surface area contributed by atoms with Gasteiger partial charge in [-0.2, -0.15) is 0 Å². The average molecular weight is 377 g/mol. The van der Waals surface area contributed by atoms with Crippen molar-refractivity contribution in [3.8, 4) is 5.75 Å². The van der Waals surface area contributed by atoms with Crippen LogP contribution in [0.4, 0.5) is 10.1 Å². The Kier molecular flexibility index (Phi) is 3.80. The van der Waals surface area contributed by atoms with E-state index in [1.807, 2.05) is 18.2 Å². The van der Waals surface area contributed by atoms with Gasteiger partial charge in [-0.15, -0.1) is 0 Å². The molecular weight excluding hydrogens is 368 g/mol. The Morgan fingerprint density at radius 3 is 2.75 bits per heavy atom. The van der Waals surface area contributed by atoms with Gasteiger partial charge in [-0.1, -0.05) is 45.2 Å². The van der Waals surface area contributed by atoms with E-state index in [4.69, 9.17) is 27.9 Å². The lowest BCUT2D eigenvalue weighted by Crippen LogP contribution is -2.24. The number of fused-ring (bicyclic) bond motifs is 1. The van der Waals surface area contributed by atoms with Gasteiger partial charge in [0.2, 0.25) is 0 Å². The molecule has 0 fully saturated rings. The molecule has 104 valence electrons. The van der Waals surface area contributed by atoms with Gasteiger partial charge in [0.15, 0.2) is 5.75 Å². The summed E-state index contributed by atoms with van der Waals surface area (Å²) in [5, 5.41) is 3.96. The minimum atomic E-state index is -0.398. The molecule has 0 spiro atoms. The Morgan fingerprint density at radius 2 is 2.00 bits per heavy atom. The molecular formula is C14H9BrCl2FNO. The second-order valence-corrected chi connectivity index (χ2v) is 6.15. The van der Waals surface area contributed by atoms with Crippen LogP contribution in [0.3, 0.4) is 0 Å². The van der Waals surface area contributed by atoms with Crippen molar-refractivity contribution in [2.24, 2.45) is 0 Å². The van der Waals surface area contributed by atoms with Gasteiger partial charge in [-0.25, -0.2) is 4.39 Å². The second-order valence-electron chi connectivity index (χ2n) is 4.42. The van der Waals surface area contributed by atoms with E-state index in [0.29, 0.717) is 23.0 Å². The molecule has 2 aromatic rings. The first kappa shape index (κ1) is 14.0. The normalized spacial score (nSPS) is 17.1. The van der Waals surface area contributed by atoms with E-state index in [2.05, 4.69) is 21.2 Å². The van der Waals surface area contributed by atoms with Gasteiger partial charge in [0.1, 0.15) is 11.9 Å². The third kappa shape index (κ3) is 2.60. The van der Waals surface area contributed by atoms with E-state index in [1.165, 1.54) is 12.1 Å². The zero-order valence-corrected chi connectivity index (χ0v) is 13.2. The summed E-state index contributed by atoms with van der Waals surface area (Å²) in [6.07, 6.45) is -0.272. The number of rotatable bonds is 1. The molecule has 0 saturated heterocycles. The number of benzene rings is 2. The van der Waals surface area contributed by atoms with Gasteiger partial charge >= 0.3 is 0 Å². The minimum Gasteiger partial charge on any atom is -0.480 e. The smallest absolute Gasteiger partial charge is 0.162 e. The third-order valence-electron chi connectivity index (χ3n) is 3.06. The minimum absolute atomic E-state index is 0.241. The van der Waals surface area contributed by atoms with Gasteiger partial charge in [-0.05, 0) is 18.2 Å². The number of anilines is 1. The fraction of sp³-hybridized carbons (Fsp3) is 0.143. The highest BCUT2D eigenvalue weighted by Gasteiger charge is 2.25. The zero-order chi connectivity index (χ0) is 14.3. The highest BCUT2D eigenvalue weighted by Crippen LogP contribution is 2.41. The van der Waals surface area contributed by atoms with Crippen molar-refractivity contribution in [2.45, 2.75) is 6.10 Å². The zero-order valence-electron chi connectivity index (χ0n) is 10.1. The van der Waals surface area contributed by atoms with Crippen LogP contribution < -0.4 is 10.1 Å². The van der Waals surface area contributed by atoms with Crippen LogP contribution in [-0.2, 0) is 0 Å². The monoisotopic (exact) mass is 375 g/mol. The third-order valence-corrected chi connectivity index (χ3v) is 4.16. The molecule has 6 heteroatoms. The topological polar surface area (TPSA) is 21.3 Å². The molecule has 0 saturated carbocycles. The van der Waals surface area contributed by atoms with Gasteiger partial charge in [0, 0.05) is 21.1 Å². The number of hydrogen-bond donors (Lipinski definition) is 1. The Hall–Kier alpha value is -0.970. The van der Waals surface area contributed by atoms with Crippen LogP contribution in [0, 0.1) is 5.82 Å². The fourth-order valence-corrected chi connectivity index (χ4v) is 3.18. The predicted octanol–water partition coefficient (Wildman–Crippen LogP) is 5.44. The maximum Gasteiger partial charge on any atom is 0.162 e. The summed E-state index contributed by atoms with van der Waals surface area (Å²) in [7, 11) is 0. The molecule has 0 amide bonds. The number of ether oxygens (including phenoxy) is 1. The predicted molar refractivity (Wildman–Crippen MR) is 82.4 cm³/mol. The first-order chi connectivity index (χ1) is 9.54. The van der Waals surface area contributed by atoms with Crippen LogP contribution in [-0.4, -0.2) is 6.54 Å². The van der Waals surface area contributed by atoms with Crippen molar-refractivity contribution in [3.05, 3.63) is 56.2 Å². The maximum absolute atomic E-state index is 13.3. The standard InChI is InChI=1S/C14H9BrCl2FNO/c15-7-1-2-9(10(16)3-7)13-6-19-12-5-8(18)4-11(17)14(12)20-13/h1-5,13,19H,6H2. The Labute approximate surface area is 134 Å². The Bertz CT molecular complexity index is 680. The number of hydrogen-bond acceptors (Lipinski definition) is 2. The van der Waals surface area contributed by atoms with E-state index in [1.54, 1.807) is 0 Å². The lowest BCUT2D eigenvalue weighted by molar-refractivity contribution is 0.210. The van der Waals surface area contributed by atoms with Crippen molar-refractivity contribution in [1.82, 2.24) is 0 Å². The molecule has 1 atom stereocenters. The molecule has 0 radical (unpaired) electrons. The fourth-order valence-electron chi connectivity index (χ4n) is 2.13. The van der Waals surface area contributed by atoms with E-state index in [0.717, 1.165) is 10.0 Å². The van der Waals surface area contributed by atoms with Crippen molar-refractivity contribution < 1.29 is 9.13 Å². The second kappa shape index (κ2) is 5.43. The molecule has 2 aromatic carbocycles. The van der Waals surface area contributed by atoms with Gasteiger partial charge in [0.25, 0.3) is 0 Å². The van der Waals surface area contributed by atoms with Gasteiger partial charge in [-0.3, -0.25) is 0 Å². The van der Waals surface area contributed by atoms with Crippen LogP contribution in [0.25, 0.3) is 0 Å². The number of nitrogens with one attached hydrogen (secondary N) is 1. The van der Waals surface area contributed by atoms with Crippen LogP contribution in [0.15, 0.2) is 34.8 Å². The first-order valence-corrected chi connectivity index (χ1v) is 7.44. The van der Waals surface area contributed by atoms with Crippen molar-refractivity contribution in [3.63, 3.8) is 0 Å². The van der Waals surface area contributed by atoms with Crippen molar-refractivity contribution in [1.29, 1.82) is 0 Å². The molecule has 0 bridgehead atoms. The van der Waals surface area contributed by atoms with Gasteiger partial charge in [0.05, 0.1) is 17.3 Å². The van der Waals surface area contributed by atoms with Crippen LogP contribution in [0.2, 0.25) is 10.0 Å². The lowest BCUT2D eigenvalue weighted by Gasteiger charge is -2.29. The number of halogens is 4. The SMILES string of the molecule is Fc1cc(Cl)c2c(c1)NCC(c1ccc(Br)cc1Cl)O2. The molecule has 3 rings (SSSR count). The summed E-state index contributed by atoms with van der Waals surface area (Å²) in [6, 6.07) is 8.18. The van der Waals surface area contributed by atoms with Crippen LogP contribution in [0.5, 0.6) is 5.75 Å². The molecule has 1 heterocycles. The molecule has 20 heavy (non-hydrogen) atoms. The van der Waals surface area contributed by atoms with E-state index < -0.39 is 5.82 Å². The molecule has 1 aliphatic rings. The molecule has 1 aliphatic heterocycles. The van der Waals surface area contributed by atoms with E-state index in [-0.39, 0.29) is 11.1 Å². The highest BCUT2D eigenvalue weighted by atomic mass is 79.9. The summed E-state index contributed by atoms with van der Waals surface area (Å²) in [5.74, 6) is 0.0493. The van der Waals surface area contributed by atoms with Crippen LogP contribution >= 0.6 is 39.1 Å². The Morgan fingerprint density at radius 1 is 1.20 bits per heavy atom. The Balaban J connectivity index is 1.96. The first-order valence-electron chi connectivity index (χ1n) is 5.89. The molecule has 0 aliphatic carbocycles. The van der Waals surface area contributed by atoms with E-state index in [9.17, 15) is 4.39 Å².